The van der Waals surface area contributed by atoms with Crippen LogP contribution in [0.5, 0.6) is 11.8 Å². The maximum atomic E-state index is 13.4. The molecule has 1 aliphatic heterocycles. The van der Waals surface area contributed by atoms with Crippen LogP contribution in [0.2, 0.25) is 0 Å². The van der Waals surface area contributed by atoms with Gasteiger partial charge in [0.1, 0.15) is 18.3 Å². The Hall–Kier alpha value is -3.50. The first kappa shape index (κ1) is 25.6. The Labute approximate surface area is 206 Å². The van der Waals surface area contributed by atoms with E-state index in [9.17, 15) is 12.8 Å². The van der Waals surface area contributed by atoms with Crippen molar-refractivity contribution in [3.05, 3.63) is 36.2 Å². The van der Waals surface area contributed by atoms with Crippen LogP contribution in [-0.2, 0) is 19.5 Å². The number of methoxy groups -OCH3 is 2. The number of sulfonamides is 1. The first-order chi connectivity index (χ1) is 17.3. The van der Waals surface area contributed by atoms with Gasteiger partial charge in [0.25, 0.3) is 0 Å². The van der Waals surface area contributed by atoms with Crippen molar-refractivity contribution in [1.29, 1.82) is 0 Å². The third kappa shape index (κ3) is 5.05. The maximum Gasteiger partial charge on any atom is 0.245 e. The minimum atomic E-state index is -4.10. The zero-order valence-electron chi connectivity index (χ0n) is 20.0. The third-order valence-electron chi connectivity index (χ3n) is 5.63. The first-order valence-corrected chi connectivity index (χ1v) is 12.4. The summed E-state index contributed by atoms with van der Waals surface area (Å²) in [5, 5.41) is 7.20. The second kappa shape index (κ2) is 10.6. The molecule has 0 radical (unpaired) electrons. The summed E-state index contributed by atoms with van der Waals surface area (Å²) in [4.78, 5) is 16.0. The molecule has 0 bridgehead atoms. The third-order valence-corrected chi connectivity index (χ3v) is 7.49. The summed E-state index contributed by atoms with van der Waals surface area (Å²) in [6.45, 7) is 3.98. The molecule has 194 valence electrons. The van der Waals surface area contributed by atoms with Crippen molar-refractivity contribution in [2.75, 3.05) is 38.8 Å². The zero-order valence-corrected chi connectivity index (χ0v) is 20.8. The van der Waals surface area contributed by atoms with Crippen molar-refractivity contribution in [3.63, 3.8) is 0 Å². The van der Waals surface area contributed by atoms with Gasteiger partial charge in [-0.25, -0.2) is 22.8 Å². The summed E-state index contributed by atoms with van der Waals surface area (Å²) in [7, 11) is -1.31. The molecule has 0 aliphatic carbocycles. The molecule has 1 N–H and O–H groups in total. The lowest BCUT2D eigenvalue weighted by Crippen LogP contribution is -2.32. The number of nitrogens with zero attached hydrogens (tertiary/aromatic N) is 7. The van der Waals surface area contributed by atoms with Crippen LogP contribution in [0, 0.1) is 5.82 Å². The fourth-order valence-electron chi connectivity index (χ4n) is 3.52. The van der Waals surface area contributed by atoms with E-state index in [-0.39, 0.29) is 41.7 Å². The molecule has 0 aromatic carbocycles. The van der Waals surface area contributed by atoms with E-state index in [2.05, 4.69) is 34.9 Å². The number of anilines is 1. The minimum absolute atomic E-state index is 0.0844. The fraction of sp³-hybridized carbons (Fsp3) is 0.500. The molecule has 16 heteroatoms. The van der Waals surface area contributed by atoms with E-state index < -0.39 is 33.1 Å². The van der Waals surface area contributed by atoms with Crippen LogP contribution in [0.4, 0.5) is 10.3 Å². The summed E-state index contributed by atoms with van der Waals surface area (Å²) in [6, 6.07) is 0. The highest BCUT2D eigenvalue weighted by molar-refractivity contribution is 7.93. The fourth-order valence-corrected chi connectivity index (χ4v) is 4.75. The molecule has 4 heterocycles. The molecular formula is C20H25FN8O6S. The number of hydrogen-bond acceptors (Lipinski definition) is 12. The van der Waals surface area contributed by atoms with Crippen molar-refractivity contribution >= 4 is 16.0 Å². The molecule has 1 saturated heterocycles. The molecule has 3 atom stereocenters. The molecule has 36 heavy (non-hydrogen) atoms. The van der Waals surface area contributed by atoms with E-state index in [1.807, 2.05) is 0 Å². The SMILES string of the molecule is COc1ncnc(OC)c1-n1c(NS(=O)(=O)C(C)C(C)c2ncc(F)cn2)nnc1[C@H]1COCCO1. The maximum absolute atomic E-state index is 13.4. The molecule has 2 unspecified atom stereocenters. The standard InChI is InChI=1S/C20H25FN8O6S/c1-11(16-22-7-13(21)8-23-16)12(2)36(30,31)28-20-27-26-17(14-9-34-5-6-35-14)29(20)15-18(32-3)24-10-25-19(15)33-4/h7-8,10-12,14H,5-6,9H2,1-4H3,(H,27,28)/t11?,12?,14-/m1/s1. The molecule has 0 saturated carbocycles. The van der Waals surface area contributed by atoms with Gasteiger partial charge in [-0.3, -0.25) is 9.29 Å². The molecular weight excluding hydrogens is 499 g/mol. The van der Waals surface area contributed by atoms with Crippen molar-refractivity contribution < 1.29 is 31.8 Å². The van der Waals surface area contributed by atoms with Gasteiger partial charge in [0.15, 0.2) is 17.3 Å². The number of ether oxygens (including phenoxy) is 4. The van der Waals surface area contributed by atoms with Gasteiger partial charge in [0.2, 0.25) is 27.7 Å². The van der Waals surface area contributed by atoms with E-state index in [0.717, 1.165) is 12.4 Å². The van der Waals surface area contributed by atoms with E-state index in [4.69, 9.17) is 18.9 Å². The smallest absolute Gasteiger partial charge is 0.245 e. The van der Waals surface area contributed by atoms with Gasteiger partial charge < -0.3 is 18.9 Å². The van der Waals surface area contributed by atoms with Crippen molar-refractivity contribution in [2.45, 2.75) is 31.1 Å². The van der Waals surface area contributed by atoms with E-state index in [1.165, 1.54) is 32.0 Å². The quantitative estimate of drug-likeness (QED) is 0.423. The highest BCUT2D eigenvalue weighted by Gasteiger charge is 2.34. The lowest BCUT2D eigenvalue weighted by atomic mass is 10.1. The van der Waals surface area contributed by atoms with Crippen LogP contribution in [0.3, 0.4) is 0 Å². The predicted octanol–water partition coefficient (Wildman–Crippen LogP) is 1.03. The second-order valence-electron chi connectivity index (χ2n) is 7.79. The zero-order chi connectivity index (χ0) is 25.9. The summed E-state index contributed by atoms with van der Waals surface area (Å²) >= 11 is 0. The number of hydrogen-bond donors (Lipinski definition) is 1. The van der Waals surface area contributed by atoms with E-state index in [0.29, 0.717) is 13.2 Å². The Kier molecular flexibility index (Phi) is 7.56. The Morgan fingerprint density at radius 1 is 1.08 bits per heavy atom. The Balaban J connectivity index is 1.77. The summed E-state index contributed by atoms with van der Waals surface area (Å²) in [5.41, 5.74) is 0.164. The van der Waals surface area contributed by atoms with Gasteiger partial charge in [-0.2, -0.15) is 9.97 Å². The van der Waals surface area contributed by atoms with Gasteiger partial charge in [-0.15, -0.1) is 10.2 Å². The average molecular weight is 525 g/mol. The van der Waals surface area contributed by atoms with Crippen molar-refractivity contribution in [2.24, 2.45) is 0 Å². The lowest BCUT2D eigenvalue weighted by Gasteiger charge is -2.24. The van der Waals surface area contributed by atoms with Gasteiger partial charge in [-0.05, 0) is 6.92 Å². The van der Waals surface area contributed by atoms with E-state index >= 15 is 0 Å². The average Bonchev–Trinajstić information content (AvgIpc) is 3.30. The molecule has 4 rings (SSSR count). The highest BCUT2D eigenvalue weighted by atomic mass is 32.2. The number of aromatic nitrogens is 7. The minimum Gasteiger partial charge on any atom is -0.479 e. The largest absolute Gasteiger partial charge is 0.479 e. The van der Waals surface area contributed by atoms with Crippen LogP contribution >= 0.6 is 0 Å². The van der Waals surface area contributed by atoms with Crippen LogP contribution in [-0.4, -0.2) is 82.4 Å². The monoisotopic (exact) mass is 524 g/mol. The number of halogens is 1. The van der Waals surface area contributed by atoms with Gasteiger partial charge >= 0.3 is 0 Å². The van der Waals surface area contributed by atoms with Crippen molar-refractivity contribution in [1.82, 2.24) is 34.7 Å². The first-order valence-electron chi connectivity index (χ1n) is 10.8. The molecule has 0 amide bonds. The summed E-state index contributed by atoms with van der Waals surface area (Å²) < 4.78 is 65.9. The van der Waals surface area contributed by atoms with Gasteiger partial charge in [0, 0.05) is 5.92 Å². The topological polar surface area (TPSA) is 165 Å². The number of rotatable bonds is 9. The molecule has 0 spiro atoms. The van der Waals surface area contributed by atoms with Gasteiger partial charge in [0.05, 0.1) is 51.7 Å². The molecule has 1 fully saturated rings. The summed E-state index contributed by atoms with van der Waals surface area (Å²) in [5.74, 6) is -0.919. The Bertz CT molecular complexity index is 1280. The highest BCUT2D eigenvalue weighted by Crippen LogP contribution is 2.35. The molecule has 3 aromatic heterocycles. The molecule has 14 nitrogen and oxygen atoms in total. The normalized spacial score (nSPS) is 17.9. The van der Waals surface area contributed by atoms with Crippen LogP contribution in [0.25, 0.3) is 5.69 Å². The number of nitrogens with one attached hydrogen (secondary N) is 1. The van der Waals surface area contributed by atoms with Crippen LogP contribution in [0.15, 0.2) is 18.7 Å². The summed E-state index contributed by atoms with van der Waals surface area (Å²) in [6.07, 6.45) is 2.54. The van der Waals surface area contributed by atoms with Gasteiger partial charge in [-0.1, -0.05) is 6.92 Å². The van der Waals surface area contributed by atoms with Crippen LogP contribution in [0.1, 0.15) is 37.5 Å². The Morgan fingerprint density at radius 2 is 1.75 bits per heavy atom. The molecule has 1 aliphatic rings. The van der Waals surface area contributed by atoms with Crippen molar-refractivity contribution in [3.8, 4) is 17.4 Å². The lowest BCUT2D eigenvalue weighted by molar-refractivity contribution is -0.0941. The Morgan fingerprint density at radius 3 is 2.33 bits per heavy atom. The second-order valence-corrected chi connectivity index (χ2v) is 9.83. The predicted molar refractivity (Wildman–Crippen MR) is 122 cm³/mol. The molecule has 3 aromatic rings. The van der Waals surface area contributed by atoms with E-state index in [1.54, 1.807) is 6.92 Å². The van der Waals surface area contributed by atoms with Crippen LogP contribution < -0.4 is 14.2 Å².